The number of nitrogens with zero attached hydrogens (tertiary/aromatic N) is 7. The third-order valence-electron chi connectivity index (χ3n) is 6.76. The van der Waals surface area contributed by atoms with Crippen LogP contribution >= 0.6 is 0 Å². The average Bonchev–Trinajstić information content (AvgIpc) is 3.49. The molecule has 0 bridgehead atoms. The van der Waals surface area contributed by atoms with Crippen LogP contribution in [0.1, 0.15) is 24.2 Å². The maximum absolute atomic E-state index is 9.63. The summed E-state index contributed by atoms with van der Waals surface area (Å²) in [6.07, 6.45) is 6.12. The van der Waals surface area contributed by atoms with Crippen LogP contribution in [0.2, 0.25) is 0 Å². The number of nitriles is 1. The minimum atomic E-state index is 0.368. The summed E-state index contributed by atoms with van der Waals surface area (Å²) in [4.78, 5) is 19.7. The average molecular weight is 479 g/mol. The lowest BCUT2D eigenvalue weighted by atomic mass is 9.97. The Morgan fingerprint density at radius 1 is 1.11 bits per heavy atom. The van der Waals surface area contributed by atoms with Gasteiger partial charge in [0.2, 0.25) is 5.88 Å². The monoisotopic (exact) mass is 478 g/mol. The molecule has 1 aliphatic rings. The minimum Gasteiger partial charge on any atom is -0.437 e. The first-order valence-corrected chi connectivity index (χ1v) is 12.1. The molecule has 1 fully saturated rings. The minimum absolute atomic E-state index is 0.368. The summed E-state index contributed by atoms with van der Waals surface area (Å²) < 4.78 is 8.27. The van der Waals surface area contributed by atoms with Crippen molar-refractivity contribution >= 4 is 22.1 Å². The van der Waals surface area contributed by atoms with E-state index in [4.69, 9.17) is 14.7 Å². The van der Waals surface area contributed by atoms with E-state index in [2.05, 4.69) is 33.1 Å². The highest BCUT2D eigenvalue weighted by molar-refractivity contribution is 5.84. The van der Waals surface area contributed by atoms with Gasteiger partial charge in [0.05, 0.1) is 28.3 Å². The van der Waals surface area contributed by atoms with Gasteiger partial charge in [-0.2, -0.15) is 10.4 Å². The lowest BCUT2D eigenvalue weighted by molar-refractivity contribution is 0.201. The lowest BCUT2D eigenvalue weighted by Gasteiger charge is -2.28. The van der Waals surface area contributed by atoms with Gasteiger partial charge in [-0.05, 0) is 70.1 Å². The van der Waals surface area contributed by atoms with Crippen molar-refractivity contribution < 1.29 is 4.74 Å². The molecule has 5 aromatic rings. The fraction of sp³-hybridized carbons (Fsp3) is 0.296. The van der Waals surface area contributed by atoms with E-state index >= 15 is 0 Å². The van der Waals surface area contributed by atoms with Crippen molar-refractivity contribution in [3.63, 3.8) is 0 Å². The lowest BCUT2D eigenvalue weighted by Crippen LogP contribution is -2.31. The standard InChI is InChI=1S/C27H26N8O/c1-17-30-22-7-6-21(12-24(22)31-17)36-27-26(33-25-19(13-28)4-3-5-23(25)32-27)20-14-29-35(16-20)15-18-8-10-34(2)11-9-18/h3-7,12,14,16,18H,8-11,15H2,1-2H3,(H,30,31). The Morgan fingerprint density at radius 3 is 2.81 bits per heavy atom. The van der Waals surface area contributed by atoms with Gasteiger partial charge < -0.3 is 14.6 Å². The number of aromatic nitrogens is 6. The van der Waals surface area contributed by atoms with Gasteiger partial charge in [0.25, 0.3) is 0 Å². The number of aromatic amines is 1. The zero-order chi connectivity index (χ0) is 24.6. The number of benzene rings is 2. The number of para-hydroxylation sites is 1. The largest absolute Gasteiger partial charge is 0.437 e. The number of fused-ring (bicyclic) bond motifs is 2. The fourth-order valence-electron chi connectivity index (χ4n) is 4.80. The van der Waals surface area contributed by atoms with E-state index in [0.29, 0.717) is 39.8 Å². The molecule has 0 aliphatic carbocycles. The Bertz CT molecular complexity index is 1600. The van der Waals surface area contributed by atoms with Crippen molar-refractivity contribution in [3.8, 4) is 29.0 Å². The van der Waals surface area contributed by atoms with Gasteiger partial charge in [-0.15, -0.1) is 0 Å². The summed E-state index contributed by atoms with van der Waals surface area (Å²) in [6, 6.07) is 13.3. The van der Waals surface area contributed by atoms with Gasteiger partial charge in [-0.3, -0.25) is 4.68 Å². The molecule has 0 unspecified atom stereocenters. The van der Waals surface area contributed by atoms with Crippen LogP contribution in [-0.4, -0.2) is 54.8 Å². The van der Waals surface area contributed by atoms with Gasteiger partial charge in [0, 0.05) is 24.4 Å². The fourth-order valence-corrected chi connectivity index (χ4v) is 4.80. The Hall–Kier alpha value is -4.29. The second kappa shape index (κ2) is 9.06. The number of ether oxygens (including phenoxy) is 1. The highest BCUT2D eigenvalue weighted by Crippen LogP contribution is 2.34. The predicted molar refractivity (Wildman–Crippen MR) is 137 cm³/mol. The maximum Gasteiger partial charge on any atom is 0.246 e. The first-order valence-electron chi connectivity index (χ1n) is 12.1. The third kappa shape index (κ3) is 4.27. The van der Waals surface area contributed by atoms with Crippen molar-refractivity contribution in [2.75, 3.05) is 20.1 Å². The zero-order valence-corrected chi connectivity index (χ0v) is 20.3. The number of piperidine rings is 1. The van der Waals surface area contributed by atoms with E-state index in [1.165, 1.54) is 0 Å². The number of aryl methyl sites for hydroxylation is 1. The van der Waals surface area contributed by atoms with E-state index in [1.54, 1.807) is 18.3 Å². The smallest absolute Gasteiger partial charge is 0.246 e. The molecule has 0 saturated carbocycles. The zero-order valence-electron chi connectivity index (χ0n) is 20.3. The molecule has 0 atom stereocenters. The summed E-state index contributed by atoms with van der Waals surface area (Å²) in [5.74, 6) is 2.43. The molecule has 9 nitrogen and oxygen atoms in total. The van der Waals surface area contributed by atoms with Gasteiger partial charge in [-0.25, -0.2) is 15.0 Å². The number of imidazole rings is 1. The van der Waals surface area contributed by atoms with Crippen LogP contribution in [0, 0.1) is 24.2 Å². The topological polar surface area (TPSA) is 109 Å². The SMILES string of the molecule is Cc1nc2ccc(Oc3nc4cccc(C#N)c4nc3-c3cnn(CC4CCN(C)CC4)c3)cc2[nH]1. The number of nitrogens with one attached hydrogen (secondary N) is 1. The molecule has 3 aromatic heterocycles. The first-order chi connectivity index (χ1) is 17.6. The van der Waals surface area contributed by atoms with Crippen molar-refractivity contribution in [3.05, 3.63) is 60.2 Å². The second-order valence-electron chi connectivity index (χ2n) is 9.46. The summed E-state index contributed by atoms with van der Waals surface area (Å²) >= 11 is 0. The number of rotatable bonds is 5. The molecule has 6 rings (SSSR count). The normalized spacial score (nSPS) is 14.9. The molecule has 1 aliphatic heterocycles. The van der Waals surface area contributed by atoms with Crippen LogP contribution in [0.3, 0.4) is 0 Å². The second-order valence-corrected chi connectivity index (χ2v) is 9.46. The van der Waals surface area contributed by atoms with Crippen molar-refractivity contribution in [1.82, 2.24) is 34.6 Å². The Balaban J connectivity index is 1.39. The Labute approximate surface area is 208 Å². The quantitative estimate of drug-likeness (QED) is 0.390. The molecule has 0 amide bonds. The summed E-state index contributed by atoms with van der Waals surface area (Å²) in [6.45, 7) is 5.02. The van der Waals surface area contributed by atoms with Gasteiger partial charge in [-0.1, -0.05) is 6.07 Å². The van der Waals surface area contributed by atoms with Crippen molar-refractivity contribution in [2.24, 2.45) is 5.92 Å². The van der Waals surface area contributed by atoms with Gasteiger partial charge in [0.15, 0.2) is 0 Å². The molecule has 36 heavy (non-hydrogen) atoms. The molecule has 4 heterocycles. The molecule has 9 heteroatoms. The summed E-state index contributed by atoms with van der Waals surface area (Å²) in [5.41, 5.74) is 4.74. The van der Waals surface area contributed by atoms with E-state index in [0.717, 1.165) is 54.9 Å². The molecule has 1 N–H and O–H groups in total. The van der Waals surface area contributed by atoms with Crippen LogP contribution in [0.15, 0.2) is 48.8 Å². The summed E-state index contributed by atoms with van der Waals surface area (Å²) in [5, 5.41) is 14.3. The van der Waals surface area contributed by atoms with Crippen LogP contribution in [-0.2, 0) is 6.54 Å². The van der Waals surface area contributed by atoms with E-state index in [9.17, 15) is 5.26 Å². The number of hydrogen-bond donors (Lipinski definition) is 1. The van der Waals surface area contributed by atoms with E-state index < -0.39 is 0 Å². The van der Waals surface area contributed by atoms with E-state index in [-0.39, 0.29) is 0 Å². The first kappa shape index (κ1) is 22.2. The molecule has 180 valence electrons. The third-order valence-corrected chi connectivity index (χ3v) is 6.76. The van der Waals surface area contributed by atoms with Crippen LogP contribution < -0.4 is 4.74 Å². The van der Waals surface area contributed by atoms with Crippen LogP contribution in [0.5, 0.6) is 11.6 Å². The highest BCUT2D eigenvalue weighted by atomic mass is 16.5. The number of hydrogen-bond acceptors (Lipinski definition) is 7. The maximum atomic E-state index is 9.63. The molecule has 1 saturated heterocycles. The Kier molecular flexibility index (Phi) is 5.58. The van der Waals surface area contributed by atoms with Gasteiger partial charge >= 0.3 is 0 Å². The van der Waals surface area contributed by atoms with Gasteiger partial charge in [0.1, 0.15) is 28.9 Å². The molecular weight excluding hydrogens is 452 g/mol. The number of H-pyrrole nitrogens is 1. The van der Waals surface area contributed by atoms with E-state index in [1.807, 2.05) is 42.1 Å². The highest BCUT2D eigenvalue weighted by Gasteiger charge is 2.20. The molecule has 0 spiro atoms. The molecule has 2 aromatic carbocycles. The van der Waals surface area contributed by atoms with Crippen molar-refractivity contribution in [2.45, 2.75) is 26.3 Å². The molecule has 0 radical (unpaired) electrons. The number of likely N-dealkylation sites (tertiary alicyclic amines) is 1. The van der Waals surface area contributed by atoms with Crippen molar-refractivity contribution in [1.29, 1.82) is 5.26 Å². The molecular formula is C27H26N8O. The Morgan fingerprint density at radius 2 is 1.97 bits per heavy atom. The summed E-state index contributed by atoms with van der Waals surface area (Å²) in [7, 11) is 2.17. The predicted octanol–water partition coefficient (Wildman–Crippen LogP) is 4.68. The van der Waals surface area contributed by atoms with Crippen LogP contribution in [0.25, 0.3) is 33.3 Å². The van der Waals surface area contributed by atoms with Crippen LogP contribution in [0.4, 0.5) is 0 Å².